The van der Waals surface area contributed by atoms with Crippen LogP contribution in [0.5, 0.6) is 0 Å². The van der Waals surface area contributed by atoms with E-state index in [1.807, 2.05) is 30.3 Å². The summed E-state index contributed by atoms with van der Waals surface area (Å²) in [5.41, 5.74) is 1.00. The van der Waals surface area contributed by atoms with Crippen molar-refractivity contribution in [3.05, 3.63) is 47.4 Å². The molecular formula is C10H9NOS. The Balaban J connectivity index is 2.32. The molecule has 3 heteroatoms. The van der Waals surface area contributed by atoms with Gasteiger partial charge >= 0.3 is 0 Å². The van der Waals surface area contributed by atoms with Gasteiger partial charge in [0.1, 0.15) is 0 Å². The van der Waals surface area contributed by atoms with Gasteiger partial charge in [-0.3, -0.25) is 9.20 Å². The van der Waals surface area contributed by atoms with Crippen molar-refractivity contribution in [1.29, 1.82) is 0 Å². The third-order valence-electron chi connectivity index (χ3n) is 1.82. The Kier molecular flexibility index (Phi) is 2.36. The van der Waals surface area contributed by atoms with Gasteiger partial charge in [-0.25, -0.2) is 0 Å². The van der Waals surface area contributed by atoms with Crippen molar-refractivity contribution >= 4 is 17.0 Å². The minimum absolute atomic E-state index is 0.216. The third-order valence-corrected chi connectivity index (χ3v) is 3.08. The molecule has 2 unspecified atom stereocenters. The highest BCUT2D eigenvalue weighted by Crippen LogP contribution is 2.23. The lowest BCUT2D eigenvalue weighted by molar-refractivity contribution is 0.680. The molecule has 0 bridgehead atoms. The monoisotopic (exact) mass is 191 g/mol. The first-order chi connectivity index (χ1) is 6.38. The lowest BCUT2D eigenvalue weighted by Crippen LogP contribution is -2.04. The second kappa shape index (κ2) is 3.66. The van der Waals surface area contributed by atoms with Crippen molar-refractivity contribution in [2.24, 2.45) is 4.99 Å². The highest BCUT2D eigenvalue weighted by atomic mass is 32.2. The van der Waals surface area contributed by atoms with Crippen LogP contribution in [0.25, 0.3) is 0 Å². The average molecular weight is 191 g/mol. The Morgan fingerprint density at radius 2 is 2.00 bits per heavy atom. The van der Waals surface area contributed by atoms with Gasteiger partial charge in [-0.1, -0.05) is 30.3 Å². The second-order valence-electron chi connectivity index (χ2n) is 2.72. The van der Waals surface area contributed by atoms with Gasteiger partial charge in [-0.05, 0) is 11.6 Å². The molecule has 2 atom stereocenters. The summed E-state index contributed by atoms with van der Waals surface area (Å²) >= 11 is 0. The van der Waals surface area contributed by atoms with Crippen LogP contribution in [0.1, 0.15) is 10.9 Å². The first-order valence-corrected chi connectivity index (χ1v) is 5.30. The molecule has 2 rings (SSSR count). The molecule has 1 aromatic rings. The molecule has 13 heavy (non-hydrogen) atoms. The molecule has 0 amide bonds. The Bertz CT molecular complexity index is 370. The van der Waals surface area contributed by atoms with E-state index in [4.69, 9.17) is 0 Å². The number of allylic oxidation sites excluding steroid dienone is 1. The van der Waals surface area contributed by atoms with Gasteiger partial charge in [-0.15, -0.1) is 0 Å². The fourth-order valence-electron chi connectivity index (χ4n) is 1.21. The van der Waals surface area contributed by atoms with Crippen LogP contribution in [-0.4, -0.2) is 10.4 Å². The van der Waals surface area contributed by atoms with Crippen molar-refractivity contribution in [2.75, 3.05) is 0 Å². The van der Waals surface area contributed by atoms with Crippen LogP contribution in [-0.2, 0) is 10.8 Å². The van der Waals surface area contributed by atoms with E-state index in [1.165, 1.54) is 0 Å². The van der Waals surface area contributed by atoms with Crippen molar-refractivity contribution in [1.82, 2.24) is 0 Å². The summed E-state index contributed by atoms with van der Waals surface area (Å²) in [6.07, 6.45) is 3.41. The fraction of sp³-hybridized carbons (Fsp3) is 0.100. The summed E-state index contributed by atoms with van der Waals surface area (Å²) in [6, 6.07) is 9.69. The van der Waals surface area contributed by atoms with Gasteiger partial charge in [-0.2, -0.15) is 0 Å². The van der Waals surface area contributed by atoms with Gasteiger partial charge in [0.05, 0.1) is 10.8 Å². The van der Waals surface area contributed by atoms with Crippen LogP contribution in [0.15, 0.2) is 46.8 Å². The van der Waals surface area contributed by atoms with E-state index >= 15 is 0 Å². The molecule has 0 spiro atoms. The molecule has 2 nitrogen and oxygen atoms in total. The predicted molar refractivity (Wildman–Crippen MR) is 55.0 cm³/mol. The summed E-state index contributed by atoms with van der Waals surface area (Å²) in [7, 11) is -1.01. The maximum atomic E-state index is 11.5. The molecule has 0 saturated heterocycles. The quantitative estimate of drug-likeness (QED) is 0.668. The van der Waals surface area contributed by atoms with Crippen LogP contribution in [0.2, 0.25) is 0 Å². The van der Waals surface area contributed by atoms with Gasteiger partial charge < -0.3 is 0 Å². The van der Waals surface area contributed by atoms with E-state index in [9.17, 15) is 4.21 Å². The summed E-state index contributed by atoms with van der Waals surface area (Å²) in [5, 5.41) is 1.45. The maximum absolute atomic E-state index is 11.5. The van der Waals surface area contributed by atoms with E-state index in [0.29, 0.717) is 0 Å². The fourth-order valence-corrected chi connectivity index (χ4v) is 2.20. The highest BCUT2D eigenvalue weighted by molar-refractivity contribution is 7.88. The molecule has 0 radical (unpaired) electrons. The third kappa shape index (κ3) is 1.75. The standard InChI is InChI=1S/C10H9NOS/c12-13-8-4-7-11-10(13)9-5-2-1-3-6-9/h1-8,10H. The zero-order chi connectivity index (χ0) is 9.10. The molecule has 0 fully saturated rings. The number of benzene rings is 1. The molecule has 0 aliphatic carbocycles. The van der Waals surface area contributed by atoms with Gasteiger partial charge in [0.2, 0.25) is 0 Å². The summed E-state index contributed by atoms with van der Waals surface area (Å²) in [4.78, 5) is 4.17. The van der Waals surface area contributed by atoms with E-state index < -0.39 is 10.8 Å². The average Bonchev–Trinajstić information content (AvgIpc) is 2.20. The van der Waals surface area contributed by atoms with Crippen LogP contribution < -0.4 is 0 Å². The second-order valence-corrected chi connectivity index (χ2v) is 4.09. The Morgan fingerprint density at radius 1 is 1.23 bits per heavy atom. The van der Waals surface area contributed by atoms with Crippen LogP contribution >= 0.6 is 0 Å². The van der Waals surface area contributed by atoms with Gasteiger partial charge in [0.25, 0.3) is 0 Å². The van der Waals surface area contributed by atoms with Crippen molar-refractivity contribution in [2.45, 2.75) is 5.37 Å². The predicted octanol–water partition coefficient (Wildman–Crippen LogP) is 2.03. The Morgan fingerprint density at radius 3 is 2.69 bits per heavy atom. The number of hydrogen-bond donors (Lipinski definition) is 0. The molecule has 1 heterocycles. The zero-order valence-electron chi connectivity index (χ0n) is 6.96. The van der Waals surface area contributed by atoms with Gasteiger partial charge in [0, 0.05) is 11.6 Å². The zero-order valence-corrected chi connectivity index (χ0v) is 7.78. The van der Waals surface area contributed by atoms with E-state index in [-0.39, 0.29) is 5.37 Å². The Hall–Kier alpha value is -1.22. The highest BCUT2D eigenvalue weighted by Gasteiger charge is 2.15. The minimum atomic E-state index is -1.01. The molecular weight excluding hydrogens is 182 g/mol. The van der Waals surface area contributed by atoms with E-state index in [0.717, 1.165) is 5.56 Å². The molecule has 1 aromatic carbocycles. The number of rotatable bonds is 1. The molecule has 1 aliphatic heterocycles. The lowest BCUT2D eigenvalue weighted by atomic mass is 10.2. The smallest absolute Gasteiger partial charge is 0.154 e. The maximum Gasteiger partial charge on any atom is 0.154 e. The van der Waals surface area contributed by atoms with Crippen LogP contribution in [0.4, 0.5) is 0 Å². The molecule has 0 saturated carbocycles. The summed E-state index contributed by atoms with van der Waals surface area (Å²) in [5.74, 6) is 0. The number of aliphatic imine (C=N–C) groups is 1. The normalized spacial score (nSPS) is 26.2. The van der Waals surface area contributed by atoms with Crippen molar-refractivity contribution in [3.63, 3.8) is 0 Å². The van der Waals surface area contributed by atoms with E-state index in [2.05, 4.69) is 4.99 Å². The minimum Gasteiger partial charge on any atom is -0.271 e. The van der Waals surface area contributed by atoms with Crippen molar-refractivity contribution in [3.8, 4) is 0 Å². The molecule has 0 N–H and O–H groups in total. The van der Waals surface area contributed by atoms with Gasteiger partial charge in [0.15, 0.2) is 5.37 Å². The van der Waals surface area contributed by atoms with E-state index in [1.54, 1.807) is 17.7 Å². The first kappa shape index (κ1) is 8.38. The van der Waals surface area contributed by atoms with Crippen molar-refractivity contribution < 1.29 is 4.21 Å². The van der Waals surface area contributed by atoms with Crippen LogP contribution in [0.3, 0.4) is 0 Å². The SMILES string of the molecule is O=S1C=CC=NC1c1ccccc1. The number of hydrogen-bond acceptors (Lipinski definition) is 2. The largest absolute Gasteiger partial charge is 0.271 e. The number of nitrogens with zero attached hydrogens (tertiary/aromatic N) is 1. The Labute approximate surface area is 79.5 Å². The van der Waals surface area contributed by atoms with Crippen LogP contribution in [0, 0.1) is 0 Å². The first-order valence-electron chi connectivity index (χ1n) is 4.02. The molecule has 1 aliphatic rings. The molecule has 66 valence electrons. The molecule has 0 aromatic heterocycles. The summed E-state index contributed by atoms with van der Waals surface area (Å²) < 4.78 is 11.5. The topological polar surface area (TPSA) is 29.4 Å². The lowest BCUT2D eigenvalue weighted by Gasteiger charge is -2.11. The summed E-state index contributed by atoms with van der Waals surface area (Å²) in [6.45, 7) is 0.